The number of rotatable bonds is 5. The van der Waals surface area contributed by atoms with Gasteiger partial charge in [0, 0.05) is 13.1 Å². The van der Waals surface area contributed by atoms with E-state index in [1.54, 1.807) is 0 Å². The fourth-order valence-corrected chi connectivity index (χ4v) is 0.775. The monoisotopic (exact) mass is 173 g/mol. The van der Waals surface area contributed by atoms with Crippen LogP contribution in [0, 0.1) is 0 Å². The van der Waals surface area contributed by atoms with Gasteiger partial charge in [0.05, 0.1) is 6.10 Å². The molecule has 0 aromatic heterocycles. The van der Waals surface area contributed by atoms with Crippen LogP contribution in [0.1, 0.15) is 26.7 Å². The standard InChI is InChI=1S/C8H19N3O/c1-3-7(12)5-6-11-8(9)10-4-2/h7,12H,3-6H2,1-2H3,(H3,9,10,11). The first kappa shape index (κ1) is 11.2. The maximum atomic E-state index is 9.17. The second-order valence-corrected chi connectivity index (χ2v) is 2.65. The smallest absolute Gasteiger partial charge is 0.188 e. The summed E-state index contributed by atoms with van der Waals surface area (Å²) in [5.74, 6) is 0.459. The highest BCUT2D eigenvalue weighted by Crippen LogP contribution is 1.95. The maximum Gasteiger partial charge on any atom is 0.188 e. The Kier molecular flexibility index (Phi) is 6.47. The number of nitrogens with two attached hydrogens (primary N) is 1. The van der Waals surface area contributed by atoms with Crippen LogP contribution in [-0.4, -0.2) is 30.3 Å². The molecule has 4 heteroatoms. The average molecular weight is 173 g/mol. The van der Waals surface area contributed by atoms with E-state index in [0.29, 0.717) is 18.9 Å². The molecular formula is C8H19N3O. The summed E-state index contributed by atoms with van der Waals surface area (Å²) in [6.07, 6.45) is 1.21. The zero-order valence-corrected chi connectivity index (χ0v) is 7.88. The predicted octanol–water partition coefficient (Wildman–Crippen LogP) is 0.0716. The fourth-order valence-electron chi connectivity index (χ4n) is 0.775. The zero-order valence-electron chi connectivity index (χ0n) is 7.88. The van der Waals surface area contributed by atoms with Gasteiger partial charge >= 0.3 is 0 Å². The Morgan fingerprint density at radius 1 is 1.58 bits per heavy atom. The van der Waals surface area contributed by atoms with Crippen LogP contribution in [0.3, 0.4) is 0 Å². The molecule has 0 radical (unpaired) electrons. The van der Waals surface area contributed by atoms with Gasteiger partial charge in [0.2, 0.25) is 0 Å². The molecule has 0 heterocycles. The van der Waals surface area contributed by atoms with Crippen molar-refractivity contribution in [1.82, 2.24) is 5.32 Å². The summed E-state index contributed by atoms with van der Waals surface area (Å²) in [5, 5.41) is 12.1. The van der Waals surface area contributed by atoms with Crippen molar-refractivity contribution in [2.75, 3.05) is 13.1 Å². The van der Waals surface area contributed by atoms with Crippen molar-refractivity contribution in [2.24, 2.45) is 10.7 Å². The number of hydrogen-bond acceptors (Lipinski definition) is 2. The molecule has 4 N–H and O–H groups in total. The molecule has 0 aliphatic heterocycles. The third-order valence-corrected chi connectivity index (χ3v) is 1.57. The molecule has 0 aromatic carbocycles. The van der Waals surface area contributed by atoms with E-state index in [1.165, 1.54) is 0 Å². The van der Waals surface area contributed by atoms with Gasteiger partial charge in [-0.15, -0.1) is 0 Å². The van der Waals surface area contributed by atoms with Crippen LogP contribution in [0.25, 0.3) is 0 Å². The molecule has 0 aliphatic carbocycles. The summed E-state index contributed by atoms with van der Waals surface area (Å²) in [4.78, 5) is 4.03. The van der Waals surface area contributed by atoms with Crippen molar-refractivity contribution in [2.45, 2.75) is 32.8 Å². The van der Waals surface area contributed by atoms with Crippen LogP contribution in [0.4, 0.5) is 0 Å². The molecule has 12 heavy (non-hydrogen) atoms. The van der Waals surface area contributed by atoms with Gasteiger partial charge in [-0.25, -0.2) is 0 Å². The molecule has 0 fully saturated rings. The summed E-state index contributed by atoms with van der Waals surface area (Å²) < 4.78 is 0. The fraction of sp³-hybridized carbons (Fsp3) is 0.875. The minimum absolute atomic E-state index is 0.247. The third-order valence-electron chi connectivity index (χ3n) is 1.57. The van der Waals surface area contributed by atoms with E-state index in [-0.39, 0.29) is 6.10 Å². The van der Waals surface area contributed by atoms with Crippen LogP contribution >= 0.6 is 0 Å². The number of hydrogen-bond donors (Lipinski definition) is 3. The molecule has 0 amide bonds. The van der Waals surface area contributed by atoms with Crippen molar-refractivity contribution in [3.63, 3.8) is 0 Å². The van der Waals surface area contributed by atoms with Crippen molar-refractivity contribution in [3.8, 4) is 0 Å². The number of aliphatic hydroxyl groups excluding tert-OH is 1. The lowest BCUT2D eigenvalue weighted by Gasteiger charge is -2.05. The van der Waals surface area contributed by atoms with Crippen molar-refractivity contribution < 1.29 is 5.11 Å². The number of aliphatic hydroxyl groups is 1. The number of aliphatic imine (C=N–C) groups is 1. The molecule has 0 aromatic rings. The van der Waals surface area contributed by atoms with Crippen LogP contribution in [0.5, 0.6) is 0 Å². The molecule has 0 saturated carbocycles. The Bertz CT molecular complexity index is 136. The average Bonchev–Trinajstić information content (AvgIpc) is 2.04. The number of guanidine groups is 1. The minimum atomic E-state index is -0.247. The molecule has 0 spiro atoms. The molecule has 1 unspecified atom stereocenters. The molecule has 0 saturated heterocycles. The van der Waals surface area contributed by atoms with Crippen LogP contribution < -0.4 is 11.1 Å². The molecule has 0 rings (SSSR count). The Morgan fingerprint density at radius 3 is 2.75 bits per heavy atom. The SMILES string of the molecule is CCNC(N)=NCCC(O)CC. The van der Waals surface area contributed by atoms with E-state index >= 15 is 0 Å². The molecular weight excluding hydrogens is 154 g/mol. The molecule has 1 atom stereocenters. The van der Waals surface area contributed by atoms with E-state index < -0.39 is 0 Å². The largest absolute Gasteiger partial charge is 0.393 e. The predicted molar refractivity (Wildman–Crippen MR) is 51.1 cm³/mol. The van der Waals surface area contributed by atoms with Gasteiger partial charge in [-0.05, 0) is 19.8 Å². The van der Waals surface area contributed by atoms with Gasteiger partial charge in [-0.2, -0.15) is 0 Å². The highest BCUT2D eigenvalue weighted by atomic mass is 16.3. The first-order valence-corrected chi connectivity index (χ1v) is 4.42. The van der Waals surface area contributed by atoms with E-state index in [9.17, 15) is 5.11 Å². The number of nitrogens with one attached hydrogen (secondary N) is 1. The Hall–Kier alpha value is -0.770. The Morgan fingerprint density at radius 2 is 2.25 bits per heavy atom. The van der Waals surface area contributed by atoms with Crippen LogP contribution in [0.15, 0.2) is 4.99 Å². The van der Waals surface area contributed by atoms with Crippen molar-refractivity contribution in [1.29, 1.82) is 0 Å². The summed E-state index contributed by atoms with van der Waals surface area (Å²) in [6, 6.07) is 0. The van der Waals surface area contributed by atoms with Gasteiger partial charge in [0.25, 0.3) is 0 Å². The molecule has 0 bridgehead atoms. The molecule has 4 nitrogen and oxygen atoms in total. The summed E-state index contributed by atoms with van der Waals surface area (Å²) >= 11 is 0. The third kappa shape index (κ3) is 5.97. The van der Waals surface area contributed by atoms with Gasteiger partial charge in [-0.1, -0.05) is 6.92 Å². The summed E-state index contributed by atoms with van der Waals surface area (Å²) in [5.41, 5.74) is 5.47. The zero-order chi connectivity index (χ0) is 9.40. The highest BCUT2D eigenvalue weighted by molar-refractivity contribution is 5.77. The van der Waals surface area contributed by atoms with E-state index in [2.05, 4.69) is 10.3 Å². The second kappa shape index (κ2) is 6.91. The van der Waals surface area contributed by atoms with E-state index in [0.717, 1.165) is 13.0 Å². The quantitative estimate of drug-likeness (QED) is 0.407. The first-order valence-electron chi connectivity index (χ1n) is 4.42. The lowest BCUT2D eigenvalue weighted by Crippen LogP contribution is -2.31. The van der Waals surface area contributed by atoms with Gasteiger partial charge in [0.1, 0.15) is 0 Å². The first-order chi connectivity index (χ1) is 5.70. The topological polar surface area (TPSA) is 70.6 Å². The normalized spacial score (nSPS) is 14.4. The van der Waals surface area contributed by atoms with E-state index in [4.69, 9.17) is 5.73 Å². The molecule has 72 valence electrons. The number of nitrogens with zero attached hydrogens (tertiary/aromatic N) is 1. The minimum Gasteiger partial charge on any atom is -0.393 e. The molecule has 0 aliphatic rings. The van der Waals surface area contributed by atoms with Gasteiger partial charge in [-0.3, -0.25) is 4.99 Å². The lowest BCUT2D eigenvalue weighted by atomic mass is 10.2. The Balaban J connectivity index is 3.45. The highest BCUT2D eigenvalue weighted by Gasteiger charge is 1.98. The van der Waals surface area contributed by atoms with E-state index in [1.807, 2.05) is 13.8 Å². The summed E-state index contributed by atoms with van der Waals surface area (Å²) in [6.45, 7) is 5.28. The van der Waals surface area contributed by atoms with Gasteiger partial charge < -0.3 is 16.2 Å². The van der Waals surface area contributed by atoms with Crippen LogP contribution in [0.2, 0.25) is 0 Å². The summed E-state index contributed by atoms with van der Waals surface area (Å²) in [7, 11) is 0. The second-order valence-electron chi connectivity index (χ2n) is 2.65. The Labute approximate surface area is 73.9 Å². The van der Waals surface area contributed by atoms with Crippen LogP contribution in [-0.2, 0) is 0 Å². The maximum absolute atomic E-state index is 9.17. The van der Waals surface area contributed by atoms with Crippen molar-refractivity contribution in [3.05, 3.63) is 0 Å². The lowest BCUT2D eigenvalue weighted by molar-refractivity contribution is 0.163. The van der Waals surface area contributed by atoms with Gasteiger partial charge in [0.15, 0.2) is 5.96 Å². The van der Waals surface area contributed by atoms with Crippen molar-refractivity contribution >= 4 is 5.96 Å².